The third-order valence-electron chi connectivity index (χ3n) is 3.73. The van der Waals surface area contributed by atoms with Gasteiger partial charge in [-0.2, -0.15) is 13.8 Å². The molecule has 1 aliphatic rings. The maximum atomic E-state index is 13.1. The average molecular weight is 337 g/mol. The summed E-state index contributed by atoms with van der Waals surface area (Å²) in [5, 5.41) is 4.89. The summed E-state index contributed by atoms with van der Waals surface area (Å²) in [5.74, 6) is -3.88. The summed E-state index contributed by atoms with van der Waals surface area (Å²) < 4.78 is 30.8. The summed E-state index contributed by atoms with van der Waals surface area (Å²) in [4.78, 5) is 21.2. The predicted octanol–water partition coefficient (Wildman–Crippen LogP) is 3.15. The van der Waals surface area contributed by atoms with Gasteiger partial charge in [-0.25, -0.2) is 5.06 Å². The predicted molar refractivity (Wildman–Crippen MR) is 79.6 cm³/mol. The van der Waals surface area contributed by atoms with E-state index in [2.05, 4.69) is 14.7 Å². The highest BCUT2D eigenvalue weighted by Crippen LogP contribution is 2.29. The zero-order valence-electron chi connectivity index (χ0n) is 13.5. The number of benzene rings is 1. The number of halogens is 2. The van der Waals surface area contributed by atoms with Gasteiger partial charge in [0.25, 0.3) is 11.8 Å². The van der Waals surface area contributed by atoms with Crippen molar-refractivity contribution in [2.45, 2.75) is 33.2 Å². The van der Waals surface area contributed by atoms with Gasteiger partial charge in [0.1, 0.15) is 0 Å². The third kappa shape index (κ3) is 3.14. The Labute approximate surface area is 137 Å². The van der Waals surface area contributed by atoms with Crippen molar-refractivity contribution in [3.8, 4) is 11.4 Å². The number of aromatic nitrogens is 2. The van der Waals surface area contributed by atoms with Crippen LogP contribution in [0.4, 0.5) is 8.78 Å². The lowest BCUT2D eigenvalue weighted by molar-refractivity contribution is -0.165. The number of carbonyl (C=O) groups is 1. The van der Waals surface area contributed by atoms with Gasteiger partial charge in [-0.05, 0) is 19.4 Å². The molecule has 2 aromatic rings. The van der Waals surface area contributed by atoms with Gasteiger partial charge >= 0.3 is 5.92 Å². The summed E-state index contributed by atoms with van der Waals surface area (Å²) >= 11 is 0. The molecule has 1 amide bonds. The first-order chi connectivity index (χ1) is 11.2. The molecule has 6 nitrogen and oxygen atoms in total. The van der Waals surface area contributed by atoms with E-state index in [0.29, 0.717) is 25.6 Å². The van der Waals surface area contributed by atoms with E-state index < -0.39 is 17.2 Å². The highest BCUT2D eigenvalue weighted by atomic mass is 19.3. The molecule has 2 heterocycles. The van der Waals surface area contributed by atoms with Crippen molar-refractivity contribution in [2.75, 3.05) is 6.61 Å². The summed E-state index contributed by atoms with van der Waals surface area (Å²) in [5.41, 5.74) is 0.869. The smallest absolute Gasteiger partial charge is 0.322 e. The maximum Gasteiger partial charge on any atom is 0.322 e. The number of nitrogens with zero attached hydrogens (tertiary/aromatic N) is 3. The van der Waals surface area contributed by atoms with Crippen LogP contribution in [0.25, 0.3) is 11.4 Å². The highest BCUT2D eigenvalue weighted by Gasteiger charge is 2.40. The minimum absolute atomic E-state index is 0.0698. The van der Waals surface area contributed by atoms with Gasteiger partial charge < -0.3 is 4.52 Å². The number of rotatable bonds is 4. The number of carbonyl (C=O) groups excluding carboxylic acids is 1. The van der Waals surface area contributed by atoms with E-state index >= 15 is 0 Å². The Morgan fingerprint density at radius 2 is 1.96 bits per heavy atom. The topological polar surface area (TPSA) is 68.5 Å². The van der Waals surface area contributed by atoms with Crippen LogP contribution < -0.4 is 0 Å². The zero-order valence-corrected chi connectivity index (χ0v) is 13.5. The molecule has 1 fully saturated rings. The van der Waals surface area contributed by atoms with Crippen molar-refractivity contribution in [3.63, 3.8) is 0 Å². The van der Waals surface area contributed by atoms with Crippen molar-refractivity contribution >= 4 is 5.91 Å². The second-order valence-corrected chi connectivity index (χ2v) is 6.51. The fraction of sp³-hybridized carbons (Fsp3) is 0.438. The second-order valence-electron chi connectivity index (χ2n) is 6.51. The fourth-order valence-electron chi connectivity index (χ4n) is 2.26. The average Bonchev–Trinajstić information content (AvgIpc) is 3.09. The number of hydrogen-bond donors (Lipinski definition) is 0. The van der Waals surface area contributed by atoms with E-state index in [-0.39, 0.29) is 11.7 Å². The van der Waals surface area contributed by atoms with Crippen LogP contribution >= 0.6 is 0 Å². The van der Waals surface area contributed by atoms with Crippen molar-refractivity contribution in [1.29, 1.82) is 0 Å². The SMILES string of the molecule is CC1(C)CON(Cc2ccc(-c3noc(C(C)(F)F)n3)cc2)C1=O. The van der Waals surface area contributed by atoms with E-state index in [1.54, 1.807) is 24.3 Å². The van der Waals surface area contributed by atoms with Gasteiger partial charge in [0, 0.05) is 12.5 Å². The Kier molecular flexibility index (Phi) is 3.87. The van der Waals surface area contributed by atoms with E-state index in [1.807, 2.05) is 13.8 Å². The molecule has 0 saturated carbocycles. The van der Waals surface area contributed by atoms with Crippen molar-refractivity contribution in [2.24, 2.45) is 5.41 Å². The molecule has 128 valence electrons. The van der Waals surface area contributed by atoms with Gasteiger partial charge in [-0.1, -0.05) is 29.4 Å². The Morgan fingerprint density at radius 1 is 1.29 bits per heavy atom. The lowest BCUT2D eigenvalue weighted by Crippen LogP contribution is -2.30. The molecule has 1 aromatic carbocycles. The van der Waals surface area contributed by atoms with E-state index in [4.69, 9.17) is 4.84 Å². The van der Waals surface area contributed by atoms with Gasteiger partial charge in [0.2, 0.25) is 5.82 Å². The lowest BCUT2D eigenvalue weighted by Gasteiger charge is -2.16. The summed E-state index contributed by atoms with van der Waals surface area (Å²) in [7, 11) is 0. The van der Waals surface area contributed by atoms with Crippen molar-refractivity contribution in [1.82, 2.24) is 15.2 Å². The van der Waals surface area contributed by atoms with E-state index in [1.165, 1.54) is 5.06 Å². The number of alkyl halides is 2. The minimum Gasteiger partial charge on any atom is -0.332 e. The molecule has 1 aliphatic heterocycles. The van der Waals surface area contributed by atoms with Crippen LogP contribution in [0, 0.1) is 5.41 Å². The standard InChI is InChI=1S/C16H17F2N3O3/c1-15(2)9-23-21(14(15)22)8-10-4-6-11(7-5-10)12-19-13(24-20-12)16(3,17)18/h4-7H,8-9H2,1-3H3. The van der Waals surface area contributed by atoms with Gasteiger partial charge in [-0.15, -0.1) is 0 Å². The van der Waals surface area contributed by atoms with Crippen molar-refractivity contribution < 1.29 is 22.9 Å². The maximum absolute atomic E-state index is 13.1. The number of amides is 1. The summed E-state index contributed by atoms with van der Waals surface area (Å²) in [6.45, 7) is 5.02. The van der Waals surface area contributed by atoms with Gasteiger partial charge in [0.15, 0.2) is 0 Å². The van der Waals surface area contributed by atoms with Gasteiger partial charge in [0.05, 0.1) is 18.6 Å². The monoisotopic (exact) mass is 337 g/mol. The van der Waals surface area contributed by atoms with Crippen LogP contribution in [0.1, 0.15) is 32.2 Å². The molecule has 8 heteroatoms. The lowest BCUT2D eigenvalue weighted by atomic mass is 9.95. The fourth-order valence-corrected chi connectivity index (χ4v) is 2.26. The molecule has 1 saturated heterocycles. The van der Waals surface area contributed by atoms with Gasteiger partial charge in [-0.3, -0.25) is 9.63 Å². The van der Waals surface area contributed by atoms with Crippen molar-refractivity contribution in [3.05, 3.63) is 35.7 Å². The molecule has 0 atom stereocenters. The number of hydrogen-bond acceptors (Lipinski definition) is 5. The van der Waals surface area contributed by atoms with E-state index in [0.717, 1.165) is 5.56 Å². The highest BCUT2D eigenvalue weighted by molar-refractivity contribution is 5.82. The molecule has 3 rings (SSSR count). The molecular formula is C16H17F2N3O3. The van der Waals surface area contributed by atoms with Crippen LogP contribution in [0.5, 0.6) is 0 Å². The van der Waals surface area contributed by atoms with Crippen LogP contribution in [-0.4, -0.2) is 27.7 Å². The Hall–Kier alpha value is -2.35. The molecule has 0 bridgehead atoms. The van der Waals surface area contributed by atoms with Crippen LogP contribution in [0.2, 0.25) is 0 Å². The van der Waals surface area contributed by atoms with Crippen LogP contribution in [-0.2, 0) is 22.1 Å². The first-order valence-corrected chi connectivity index (χ1v) is 7.43. The molecule has 0 aliphatic carbocycles. The quantitative estimate of drug-likeness (QED) is 0.857. The Balaban J connectivity index is 1.72. The van der Waals surface area contributed by atoms with Crippen LogP contribution in [0.3, 0.4) is 0 Å². The second kappa shape index (κ2) is 5.62. The first kappa shape index (κ1) is 16.5. The normalized spacial score (nSPS) is 17.5. The molecule has 1 aromatic heterocycles. The molecule has 0 radical (unpaired) electrons. The zero-order chi connectivity index (χ0) is 17.5. The van der Waals surface area contributed by atoms with Crippen LogP contribution in [0.15, 0.2) is 28.8 Å². The third-order valence-corrected chi connectivity index (χ3v) is 3.73. The number of hydroxylamine groups is 2. The largest absolute Gasteiger partial charge is 0.332 e. The Morgan fingerprint density at radius 3 is 2.46 bits per heavy atom. The van der Waals surface area contributed by atoms with E-state index in [9.17, 15) is 13.6 Å². The molecule has 24 heavy (non-hydrogen) atoms. The molecule has 0 spiro atoms. The summed E-state index contributed by atoms with van der Waals surface area (Å²) in [6, 6.07) is 6.89. The molecular weight excluding hydrogens is 320 g/mol. The molecule has 0 unspecified atom stereocenters. The Bertz CT molecular complexity index is 751. The molecule has 0 N–H and O–H groups in total. The minimum atomic E-state index is -3.18. The first-order valence-electron chi connectivity index (χ1n) is 7.43. The summed E-state index contributed by atoms with van der Waals surface area (Å²) in [6.07, 6.45) is 0.